The quantitative estimate of drug-likeness (QED) is 0.475. The number of carbonyl (C=O) groups excluding carboxylic acids is 1. The van der Waals surface area contributed by atoms with Gasteiger partial charge in [-0.3, -0.25) is 9.52 Å². The monoisotopic (exact) mass is 434 g/mol. The molecular weight excluding hydrogens is 419 g/mol. The highest BCUT2D eigenvalue weighted by Crippen LogP contribution is 2.37. The number of esters is 1. The fourth-order valence-electron chi connectivity index (χ4n) is 2.09. The van der Waals surface area contributed by atoms with Crippen molar-refractivity contribution in [3.63, 3.8) is 0 Å². The van der Waals surface area contributed by atoms with Crippen LogP contribution in [-0.2, 0) is 14.8 Å². The smallest absolute Gasteiger partial charge is 0.312 e. The second-order valence-corrected chi connectivity index (χ2v) is 8.76. The number of halogens is 2. The maximum atomic E-state index is 12.7. The van der Waals surface area contributed by atoms with Gasteiger partial charge in [0.25, 0.3) is 0 Å². The zero-order valence-corrected chi connectivity index (χ0v) is 16.9. The molecule has 6 nitrogen and oxygen atoms in total. The summed E-state index contributed by atoms with van der Waals surface area (Å²) in [6.07, 6.45) is 3.42. The van der Waals surface area contributed by atoms with Crippen molar-refractivity contribution in [2.45, 2.75) is 25.0 Å². The standard InChI is InChI=1S/C16H16Cl2N2O4S2/c1-3-6-13(21)24-14-9-19-16(25-14)20-26(22,23)12(4-2)15-10(17)7-5-8-11(15)18/h4-5,7-9,12H,2-3,6H2,1H3,(H,19,20). The molecule has 0 radical (unpaired) electrons. The number of sulfonamides is 1. The number of ether oxygens (including phenoxy) is 1. The Kier molecular flexibility index (Phi) is 7.05. The zero-order chi connectivity index (χ0) is 19.3. The second kappa shape index (κ2) is 8.85. The SMILES string of the molecule is C=CC(c1c(Cl)cccc1Cl)S(=O)(=O)Nc1ncc(OC(=O)CCC)s1. The van der Waals surface area contributed by atoms with Crippen molar-refractivity contribution in [3.8, 4) is 5.06 Å². The first-order valence-electron chi connectivity index (χ1n) is 7.53. The van der Waals surface area contributed by atoms with Crippen molar-refractivity contribution in [3.05, 3.63) is 52.7 Å². The highest BCUT2D eigenvalue weighted by atomic mass is 35.5. The lowest BCUT2D eigenvalue weighted by molar-refractivity contribution is -0.134. The third-order valence-corrected chi connectivity index (χ3v) is 6.37. The average molecular weight is 435 g/mol. The van der Waals surface area contributed by atoms with Gasteiger partial charge < -0.3 is 4.74 Å². The fraction of sp³-hybridized carbons (Fsp3) is 0.250. The van der Waals surface area contributed by atoms with E-state index in [1.54, 1.807) is 18.2 Å². The molecule has 0 aliphatic carbocycles. The molecule has 1 aromatic heterocycles. The molecule has 0 fully saturated rings. The van der Waals surface area contributed by atoms with Gasteiger partial charge in [-0.1, -0.05) is 53.6 Å². The van der Waals surface area contributed by atoms with E-state index in [4.69, 9.17) is 27.9 Å². The molecule has 140 valence electrons. The molecule has 0 bridgehead atoms. The van der Waals surface area contributed by atoms with Crippen LogP contribution in [0.4, 0.5) is 5.13 Å². The molecule has 1 aromatic carbocycles. The molecule has 10 heteroatoms. The molecule has 0 saturated heterocycles. The first-order valence-corrected chi connectivity index (χ1v) is 10.6. The van der Waals surface area contributed by atoms with Crippen LogP contribution in [0.25, 0.3) is 0 Å². The van der Waals surface area contributed by atoms with Crippen molar-refractivity contribution in [2.75, 3.05) is 4.72 Å². The normalized spacial score (nSPS) is 12.4. The maximum absolute atomic E-state index is 12.7. The van der Waals surface area contributed by atoms with Gasteiger partial charge in [0.15, 0.2) is 5.13 Å². The molecule has 2 aromatic rings. The van der Waals surface area contributed by atoms with Crippen LogP contribution in [-0.4, -0.2) is 19.4 Å². The summed E-state index contributed by atoms with van der Waals surface area (Å²) < 4.78 is 32.9. The van der Waals surface area contributed by atoms with Gasteiger partial charge in [-0.2, -0.15) is 0 Å². The molecule has 1 atom stereocenters. The predicted molar refractivity (Wildman–Crippen MR) is 105 cm³/mol. The van der Waals surface area contributed by atoms with Crippen LogP contribution in [0.5, 0.6) is 5.06 Å². The molecule has 1 unspecified atom stereocenters. The molecule has 0 saturated carbocycles. The van der Waals surface area contributed by atoms with Crippen LogP contribution in [0.2, 0.25) is 10.0 Å². The summed E-state index contributed by atoms with van der Waals surface area (Å²) in [6, 6.07) is 4.71. The van der Waals surface area contributed by atoms with Crippen LogP contribution >= 0.6 is 34.5 Å². The van der Waals surface area contributed by atoms with Gasteiger partial charge in [-0.05, 0) is 18.6 Å². The van der Waals surface area contributed by atoms with Gasteiger partial charge in [0, 0.05) is 22.0 Å². The van der Waals surface area contributed by atoms with Gasteiger partial charge >= 0.3 is 5.97 Å². The molecule has 26 heavy (non-hydrogen) atoms. The van der Waals surface area contributed by atoms with E-state index in [1.807, 2.05) is 6.92 Å². The molecule has 1 heterocycles. The molecular formula is C16H16Cl2N2O4S2. The van der Waals surface area contributed by atoms with Crippen LogP contribution in [0.15, 0.2) is 37.1 Å². The lowest BCUT2D eigenvalue weighted by Gasteiger charge is -2.17. The first kappa shape index (κ1) is 20.7. The van der Waals surface area contributed by atoms with E-state index in [0.29, 0.717) is 6.42 Å². The molecule has 0 spiro atoms. The second-order valence-electron chi connectivity index (χ2n) is 5.15. The number of carbonyl (C=O) groups is 1. The number of hydrogen-bond acceptors (Lipinski definition) is 6. The molecule has 1 N–H and O–H groups in total. The Morgan fingerprint density at radius 1 is 1.42 bits per heavy atom. The summed E-state index contributed by atoms with van der Waals surface area (Å²) in [5.74, 6) is -0.405. The number of anilines is 1. The van der Waals surface area contributed by atoms with E-state index in [0.717, 1.165) is 11.3 Å². The summed E-state index contributed by atoms with van der Waals surface area (Å²) in [6.45, 7) is 5.42. The van der Waals surface area contributed by atoms with Gasteiger partial charge in [0.2, 0.25) is 15.1 Å². The van der Waals surface area contributed by atoms with Gasteiger partial charge in [0.1, 0.15) is 5.25 Å². The van der Waals surface area contributed by atoms with Crippen molar-refractivity contribution < 1.29 is 17.9 Å². The lowest BCUT2D eigenvalue weighted by Crippen LogP contribution is -2.20. The van der Waals surface area contributed by atoms with Gasteiger partial charge in [-0.25, -0.2) is 13.4 Å². The Hall–Kier alpha value is -1.61. The Morgan fingerprint density at radius 2 is 2.08 bits per heavy atom. The maximum Gasteiger partial charge on any atom is 0.312 e. The minimum atomic E-state index is -3.98. The summed E-state index contributed by atoms with van der Waals surface area (Å²) >= 11 is 13.1. The summed E-state index contributed by atoms with van der Waals surface area (Å²) in [5.41, 5.74) is 0.226. The molecule has 2 rings (SSSR count). The Morgan fingerprint density at radius 3 is 2.65 bits per heavy atom. The van der Waals surface area contributed by atoms with E-state index < -0.39 is 21.2 Å². The highest BCUT2D eigenvalue weighted by molar-refractivity contribution is 7.93. The van der Waals surface area contributed by atoms with Crippen LogP contribution in [0, 0.1) is 0 Å². The number of nitrogens with zero attached hydrogens (tertiary/aromatic N) is 1. The van der Waals surface area contributed by atoms with Gasteiger partial charge in [0.05, 0.1) is 6.20 Å². The summed E-state index contributed by atoms with van der Waals surface area (Å²) in [7, 11) is -3.98. The minimum Gasteiger partial charge on any atom is -0.414 e. The first-order chi connectivity index (χ1) is 12.3. The van der Waals surface area contributed by atoms with Crippen LogP contribution in [0.1, 0.15) is 30.6 Å². The average Bonchev–Trinajstić information content (AvgIpc) is 2.97. The molecule has 0 aliphatic rings. The molecule has 0 amide bonds. The van der Waals surface area contributed by atoms with Crippen LogP contribution < -0.4 is 9.46 Å². The van der Waals surface area contributed by atoms with E-state index in [1.165, 1.54) is 12.3 Å². The Balaban J connectivity index is 2.23. The van der Waals surface area contributed by atoms with E-state index in [-0.39, 0.29) is 32.2 Å². The number of hydrogen-bond donors (Lipinski definition) is 1. The summed E-state index contributed by atoms with van der Waals surface area (Å²) in [4.78, 5) is 15.4. The molecule has 0 aliphatic heterocycles. The zero-order valence-electron chi connectivity index (χ0n) is 13.7. The topological polar surface area (TPSA) is 85.4 Å². The van der Waals surface area contributed by atoms with Crippen molar-refractivity contribution in [1.82, 2.24) is 4.98 Å². The number of aromatic nitrogens is 1. The number of benzene rings is 1. The highest BCUT2D eigenvalue weighted by Gasteiger charge is 2.29. The number of thiazole rings is 1. The van der Waals surface area contributed by atoms with Crippen molar-refractivity contribution in [1.29, 1.82) is 0 Å². The van der Waals surface area contributed by atoms with E-state index >= 15 is 0 Å². The largest absolute Gasteiger partial charge is 0.414 e. The van der Waals surface area contributed by atoms with Crippen LogP contribution in [0.3, 0.4) is 0 Å². The third-order valence-electron chi connectivity index (χ3n) is 3.22. The van der Waals surface area contributed by atoms with Crippen molar-refractivity contribution >= 4 is 55.7 Å². The van der Waals surface area contributed by atoms with E-state index in [9.17, 15) is 13.2 Å². The lowest BCUT2D eigenvalue weighted by atomic mass is 10.1. The number of nitrogens with one attached hydrogen (secondary N) is 1. The Bertz CT molecular complexity index is 892. The minimum absolute atomic E-state index is 0.0549. The predicted octanol–water partition coefficient (Wildman–Crippen LogP) is 4.82. The van der Waals surface area contributed by atoms with Gasteiger partial charge in [-0.15, -0.1) is 6.58 Å². The van der Waals surface area contributed by atoms with E-state index in [2.05, 4.69) is 16.3 Å². The fourth-order valence-corrected chi connectivity index (χ4v) is 5.14. The summed E-state index contributed by atoms with van der Waals surface area (Å²) in [5, 5.41) is -0.507. The third kappa shape index (κ3) is 4.97. The number of rotatable bonds is 8. The Labute approximate surface area is 165 Å². The van der Waals surface area contributed by atoms with Crippen molar-refractivity contribution in [2.24, 2.45) is 0 Å².